The van der Waals surface area contributed by atoms with Crippen molar-refractivity contribution in [1.29, 1.82) is 0 Å². The number of aromatic nitrogens is 1. The Morgan fingerprint density at radius 1 is 1.32 bits per heavy atom. The van der Waals surface area contributed by atoms with E-state index in [2.05, 4.69) is 0 Å². The summed E-state index contributed by atoms with van der Waals surface area (Å²) in [6, 6.07) is 3.74. The van der Waals surface area contributed by atoms with Gasteiger partial charge >= 0.3 is 5.97 Å². The van der Waals surface area contributed by atoms with E-state index in [0.717, 1.165) is 34.1 Å². The summed E-state index contributed by atoms with van der Waals surface area (Å²) in [5.41, 5.74) is 4.26. The van der Waals surface area contributed by atoms with E-state index in [1.807, 2.05) is 31.5 Å². The molecule has 0 radical (unpaired) electrons. The molecular formula is C15H19NO3. The largest absolute Gasteiger partial charge is 0.478 e. The van der Waals surface area contributed by atoms with Crippen LogP contribution in [0.2, 0.25) is 0 Å². The number of aliphatic hydroxyl groups is 1. The number of hydrogen-bond donors (Lipinski definition) is 2. The number of hydrogen-bond acceptors (Lipinski definition) is 2. The number of aryl methyl sites for hydroxylation is 3. The number of rotatable bonds is 4. The smallest absolute Gasteiger partial charge is 0.337 e. The quantitative estimate of drug-likeness (QED) is 0.888. The Labute approximate surface area is 112 Å². The maximum absolute atomic E-state index is 11.4. The fourth-order valence-corrected chi connectivity index (χ4v) is 2.67. The molecule has 19 heavy (non-hydrogen) atoms. The third-order valence-corrected chi connectivity index (χ3v) is 3.67. The second-order valence-electron chi connectivity index (χ2n) is 4.96. The fraction of sp³-hybridized carbons (Fsp3) is 0.400. The predicted octanol–water partition coefficient (Wildman–Crippen LogP) is 2.42. The monoisotopic (exact) mass is 261 g/mol. The zero-order valence-electron chi connectivity index (χ0n) is 11.5. The zero-order valence-corrected chi connectivity index (χ0v) is 11.5. The Hall–Kier alpha value is -1.81. The van der Waals surface area contributed by atoms with Gasteiger partial charge in [-0.25, -0.2) is 4.79 Å². The van der Waals surface area contributed by atoms with Crippen LogP contribution in [0.1, 0.15) is 33.6 Å². The van der Waals surface area contributed by atoms with Crippen LogP contribution in [0.5, 0.6) is 0 Å². The van der Waals surface area contributed by atoms with Gasteiger partial charge in [0, 0.05) is 24.7 Å². The second kappa shape index (κ2) is 5.05. The highest BCUT2D eigenvalue weighted by atomic mass is 16.4. The first-order valence-corrected chi connectivity index (χ1v) is 6.40. The number of aliphatic hydroxyl groups excluding tert-OH is 1. The SMILES string of the molecule is Cc1cc(C(=O)O)c2c(c1)c(CCCO)c(C)n2C. The first kappa shape index (κ1) is 13.6. The van der Waals surface area contributed by atoms with Crippen LogP contribution in [-0.2, 0) is 13.5 Å². The Morgan fingerprint density at radius 3 is 2.58 bits per heavy atom. The van der Waals surface area contributed by atoms with Crippen LogP contribution in [-0.4, -0.2) is 27.4 Å². The van der Waals surface area contributed by atoms with Crippen molar-refractivity contribution in [2.75, 3.05) is 6.61 Å². The molecule has 0 unspecified atom stereocenters. The molecule has 0 aliphatic carbocycles. The molecular weight excluding hydrogens is 242 g/mol. The van der Waals surface area contributed by atoms with Gasteiger partial charge in [0.05, 0.1) is 11.1 Å². The van der Waals surface area contributed by atoms with E-state index in [9.17, 15) is 9.90 Å². The van der Waals surface area contributed by atoms with E-state index >= 15 is 0 Å². The molecule has 0 aliphatic heterocycles. The van der Waals surface area contributed by atoms with Crippen molar-refractivity contribution >= 4 is 16.9 Å². The summed E-state index contributed by atoms with van der Waals surface area (Å²) < 4.78 is 1.94. The number of carboxylic acids is 1. The lowest BCUT2D eigenvalue weighted by Crippen LogP contribution is -2.02. The molecule has 0 bridgehead atoms. The van der Waals surface area contributed by atoms with Gasteiger partial charge in [-0.2, -0.15) is 0 Å². The van der Waals surface area contributed by atoms with Crippen LogP contribution in [0.3, 0.4) is 0 Å². The van der Waals surface area contributed by atoms with Gasteiger partial charge in [0.15, 0.2) is 0 Å². The third kappa shape index (κ3) is 2.24. The Kier molecular flexibility index (Phi) is 3.62. The van der Waals surface area contributed by atoms with Crippen LogP contribution >= 0.6 is 0 Å². The molecule has 0 amide bonds. The number of fused-ring (bicyclic) bond motifs is 1. The van der Waals surface area contributed by atoms with Crippen molar-refractivity contribution < 1.29 is 15.0 Å². The topological polar surface area (TPSA) is 62.5 Å². The van der Waals surface area contributed by atoms with Gasteiger partial charge in [-0.15, -0.1) is 0 Å². The Balaban J connectivity index is 2.78. The molecule has 1 heterocycles. The maximum Gasteiger partial charge on any atom is 0.337 e. The van der Waals surface area contributed by atoms with Crippen molar-refractivity contribution in [1.82, 2.24) is 4.57 Å². The summed E-state index contributed by atoms with van der Waals surface area (Å²) in [6.45, 7) is 4.05. The number of aromatic carboxylic acids is 1. The minimum Gasteiger partial charge on any atom is -0.478 e. The van der Waals surface area contributed by atoms with Gasteiger partial charge in [-0.3, -0.25) is 0 Å². The molecule has 0 fully saturated rings. The zero-order chi connectivity index (χ0) is 14.2. The molecule has 4 heteroatoms. The second-order valence-corrected chi connectivity index (χ2v) is 4.96. The van der Waals surface area contributed by atoms with Crippen molar-refractivity contribution in [3.05, 3.63) is 34.5 Å². The lowest BCUT2D eigenvalue weighted by Gasteiger charge is -2.04. The molecule has 1 aromatic heterocycles. The minimum atomic E-state index is -0.900. The lowest BCUT2D eigenvalue weighted by atomic mass is 10.0. The number of nitrogens with zero attached hydrogens (tertiary/aromatic N) is 1. The fourth-order valence-electron chi connectivity index (χ4n) is 2.67. The molecule has 0 atom stereocenters. The van der Waals surface area contributed by atoms with Crippen molar-refractivity contribution in [2.45, 2.75) is 26.7 Å². The first-order chi connectivity index (χ1) is 8.97. The average molecular weight is 261 g/mol. The minimum absolute atomic E-state index is 0.146. The van der Waals surface area contributed by atoms with Gasteiger partial charge in [0.2, 0.25) is 0 Å². The maximum atomic E-state index is 11.4. The number of carbonyl (C=O) groups is 1. The van der Waals surface area contributed by atoms with E-state index in [-0.39, 0.29) is 6.61 Å². The van der Waals surface area contributed by atoms with Gasteiger partial charge in [0.25, 0.3) is 0 Å². The standard InChI is InChI=1S/C15H19NO3/c1-9-7-12-11(5-4-6-17)10(2)16(3)14(12)13(8-9)15(18)19/h7-8,17H,4-6H2,1-3H3,(H,18,19). The Morgan fingerprint density at radius 2 is 2.00 bits per heavy atom. The molecule has 0 aliphatic rings. The lowest BCUT2D eigenvalue weighted by molar-refractivity contribution is 0.0698. The van der Waals surface area contributed by atoms with Crippen LogP contribution in [0, 0.1) is 13.8 Å². The summed E-state index contributed by atoms with van der Waals surface area (Å²) in [4.78, 5) is 11.4. The molecule has 0 spiro atoms. The number of benzene rings is 1. The molecule has 0 saturated carbocycles. The van der Waals surface area contributed by atoms with Crippen molar-refractivity contribution in [3.63, 3.8) is 0 Å². The highest BCUT2D eigenvalue weighted by molar-refractivity contribution is 6.04. The summed E-state index contributed by atoms with van der Waals surface area (Å²) >= 11 is 0. The molecule has 2 N–H and O–H groups in total. The van der Waals surface area contributed by atoms with E-state index < -0.39 is 5.97 Å². The highest BCUT2D eigenvalue weighted by Gasteiger charge is 2.18. The summed E-state index contributed by atoms with van der Waals surface area (Å²) in [5.74, 6) is -0.900. The van der Waals surface area contributed by atoms with E-state index in [0.29, 0.717) is 12.0 Å². The molecule has 2 aromatic rings. The van der Waals surface area contributed by atoms with E-state index in [4.69, 9.17) is 5.11 Å². The highest BCUT2D eigenvalue weighted by Crippen LogP contribution is 2.30. The van der Waals surface area contributed by atoms with Crippen LogP contribution < -0.4 is 0 Å². The molecule has 2 rings (SSSR count). The van der Waals surface area contributed by atoms with Crippen LogP contribution in [0.4, 0.5) is 0 Å². The van der Waals surface area contributed by atoms with Crippen LogP contribution in [0.25, 0.3) is 10.9 Å². The van der Waals surface area contributed by atoms with Gasteiger partial charge < -0.3 is 14.8 Å². The molecule has 4 nitrogen and oxygen atoms in total. The Bertz CT molecular complexity index is 641. The molecule has 1 aromatic carbocycles. The van der Waals surface area contributed by atoms with Gasteiger partial charge in [-0.1, -0.05) is 0 Å². The summed E-state index contributed by atoms with van der Waals surface area (Å²) in [5, 5.41) is 19.3. The normalized spacial score (nSPS) is 11.2. The van der Waals surface area contributed by atoms with Gasteiger partial charge in [-0.05, 0) is 49.9 Å². The van der Waals surface area contributed by atoms with E-state index in [1.54, 1.807) is 6.07 Å². The molecule has 0 saturated heterocycles. The van der Waals surface area contributed by atoms with Crippen LogP contribution in [0.15, 0.2) is 12.1 Å². The predicted molar refractivity (Wildman–Crippen MR) is 74.8 cm³/mol. The summed E-state index contributed by atoms with van der Waals surface area (Å²) in [7, 11) is 1.89. The van der Waals surface area contributed by atoms with Gasteiger partial charge in [0.1, 0.15) is 0 Å². The average Bonchev–Trinajstić information content (AvgIpc) is 2.59. The third-order valence-electron chi connectivity index (χ3n) is 3.67. The first-order valence-electron chi connectivity index (χ1n) is 6.40. The van der Waals surface area contributed by atoms with Crippen molar-refractivity contribution in [2.24, 2.45) is 7.05 Å². The van der Waals surface area contributed by atoms with E-state index in [1.165, 1.54) is 0 Å². The molecule has 102 valence electrons. The number of carboxylic acid groups (broad SMARTS) is 1. The summed E-state index contributed by atoms with van der Waals surface area (Å²) in [6.07, 6.45) is 1.46. The van der Waals surface area contributed by atoms with Crippen molar-refractivity contribution in [3.8, 4) is 0 Å².